The van der Waals surface area contributed by atoms with E-state index in [4.69, 9.17) is 16.7 Å². The zero-order chi connectivity index (χ0) is 17.1. The van der Waals surface area contributed by atoms with Crippen molar-refractivity contribution < 1.29 is 0 Å². The lowest BCUT2D eigenvalue weighted by Crippen LogP contribution is -2.17. The van der Waals surface area contributed by atoms with E-state index in [1.807, 2.05) is 59.6 Å². The van der Waals surface area contributed by atoms with Crippen LogP contribution >= 0.6 is 35.1 Å². The molecule has 2 aromatic carbocycles. The zero-order valence-electron chi connectivity index (χ0n) is 13.0. The normalized spacial score (nSPS) is 13.3. The van der Waals surface area contributed by atoms with Crippen LogP contribution < -0.4 is 5.01 Å². The molecule has 25 heavy (non-hydrogen) atoms. The van der Waals surface area contributed by atoms with Crippen molar-refractivity contribution >= 4 is 51.0 Å². The minimum Gasteiger partial charge on any atom is -0.211 e. The number of rotatable bonds is 3. The third-order valence-corrected chi connectivity index (χ3v) is 5.87. The summed E-state index contributed by atoms with van der Waals surface area (Å²) in [4.78, 5) is 0.953. The molecule has 1 aliphatic rings. The number of hydrogen-bond acceptors (Lipinski definition) is 6. The van der Waals surface area contributed by atoms with Crippen molar-refractivity contribution in [3.63, 3.8) is 0 Å². The highest BCUT2D eigenvalue weighted by Gasteiger charge is 2.24. The molecule has 0 radical (unpaired) electrons. The topological polar surface area (TPSA) is 41.4 Å². The van der Waals surface area contributed by atoms with Gasteiger partial charge in [-0.25, -0.2) is 5.01 Å². The van der Waals surface area contributed by atoms with Crippen LogP contribution in [0, 0.1) is 0 Å². The molecule has 0 amide bonds. The molecule has 4 nitrogen and oxygen atoms in total. The van der Waals surface area contributed by atoms with Crippen molar-refractivity contribution in [3.05, 3.63) is 77.4 Å². The first-order valence-corrected chi connectivity index (χ1v) is 9.79. The van der Waals surface area contributed by atoms with Crippen molar-refractivity contribution in [2.45, 2.75) is 10.6 Å². The first kappa shape index (κ1) is 16.4. The van der Waals surface area contributed by atoms with Gasteiger partial charge in [0, 0.05) is 5.75 Å². The number of halogens is 1. The maximum absolute atomic E-state index is 6.04. The number of aromatic nitrogens is 2. The second kappa shape index (κ2) is 7.47. The van der Waals surface area contributed by atoms with Crippen LogP contribution in [0.1, 0.15) is 5.56 Å². The molecule has 2 heterocycles. The van der Waals surface area contributed by atoms with E-state index >= 15 is 0 Å². The van der Waals surface area contributed by atoms with Gasteiger partial charge in [-0.1, -0.05) is 83.7 Å². The maximum atomic E-state index is 6.04. The van der Waals surface area contributed by atoms with Crippen LogP contribution in [0.5, 0.6) is 0 Å². The van der Waals surface area contributed by atoms with Crippen LogP contribution in [0.25, 0.3) is 0 Å². The SMILES string of the molecule is Clc1cc2c(nn1)N(c1ccccc1)N=C(SCc1ccccc1)S2. The molecule has 1 aliphatic heterocycles. The predicted octanol–water partition coefficient (Wildman–Crippen LogP) is 5.58. The van der Waals surface area contributed by atoms with Crippen molar-refractivity contribution in [1.82, 2.24) is 10.2 Å². The van der Waals surface area contributed by atoms with Crippen LogP contribution in [-0.4, -0.2) is 14.6 Å². The summed E-state index contributed by atoms with van der Waals surface area (Å²) in [5.74, 6) is 1.56. The summed E-state index contributed by atoms with van der Waals surface area (Å²) < 4.78 is 0.948. The molecule has 7 heteroatoms. The van der Waals surface area contributed by atoms with Crippen molar-refractivity contribution in [1.29, 1.82) is 0 Å². The molecule has 0 unspecified atom stereocenters. The zero-order valence-corrected chi connectivity index (χ0v) is 15.4. The lowest BCUT2D eigenvalue weighted by molar-refractivity contribution is 0.922. The monoisotopic (exact) mass is 384 g/mol. The van der Waals surface area contributed by atoms with Gasteiger partial charge in [-0.05, 0) is 23.8 Å². The van der Waals surface area contributed by atoms with Gasteiger partial charge in [0.1, 0.15) is 0 Å². The number of hydrazone groups is 1. The Morgan fingerprint density at radius 3 is 2.44 bits per heavy atom. The summed E-state index contributed by atoms with van der Waals surface area (Å²) in [5, 5.41) is 15.2. The lowest BCUT2D eigenvalue weighted by atomic mass is 10.2. The van der Waals surface area contributed by atoms with Gasteiger partial charge in [0.25, 0.3) is 0 Å². The molecule has 124 valence electrons. The molecule has 0 saturated carbocycles. The molecule has 0 N–H and O–H groups in total. The van der Waals surface area contributed by atoms with Gasteiger partial charge < -0.3 is 0 Å². The average Bonchev–Trinajstić information content (AvgIpc) is 2.67. The number of fused-ring (bicyclic) bond motifs is 1. The molecular formula is C18H13ClN4S2. The minimum atomic E-state index is 0.383. The Bertz CT molecular complexity index is 903. The Hall–Kier alpha value is -2.02. The third kappa shape index (κ3) is 3.81. The van der Waals surface area contributed by atoms with Crippen LogP contribution in [0.2, 0.25) is 5.15 Å². The molecule has 0 atom stereocenters. The molecule has 0 aliphatic carbocycles. The number of para-hydroxylation sites is 1. The van der Waals surface area contributed by atoms with Crippen LogP contribution in [0.4, 0.5) is 11.5 Å². The summed E-state index contributed by atoms with van der Waals surface area (Å²) >= 11 is 9.31. The molecule has 0 fully saturated rings. The van der Waals surface area contributed by atoms with E-state index in [1.165, 1.54) is 5.56 Å². The van der Waals surface area contributed by atoms with E-state index in [9.17, 15) is 0 Å². The number of thioether (sulfide) groups is 2. The van der Waals surface area contributed by atoms with Gasteiger partial charge >= 0.3 is 0 Å². The maximum Gasteiger partial charge on any atom is 0.190 e. The summed E-state index contributed by atoms with van der Waals surface area (Å²) in [6, 6.07) is 22.1. The van der Waals surface area contributed by atoms with Crippen molar-refractivity contribution in [2.75, 3.05) is 5.01 Å². The van der Waals surface area contributed by atoms with E-state index in [0.717, 1.165) is 20.7 Å². The fourth-order valence-corrected chi connectivity index (χ4v) is 4.55. The number of anilines is 2. The molecule has 3 aromatic rings. The largest absolute Gasteiger partial charge is 0.211 e. The summed E-state index contributed by atoms with van der Waals surface area (Å²) in [6.45, 7) is 0. The standard InChI is InChI=1S/C18H13ClN4S2/c19-16-11-15-17(21-20-16)23(14-9-5-2-6-10-14)22-18(25-15)24-12-13-7-3-1-4-8-13/h1-11H,12H2. The van der Waals surface area contributed by atoms with Crippen LogP contribution in [-0.2, 0) is 5.75 Å². The smallest absolute Gasteiger partial charge is 0.190 e. The second-order valence-corrected chi connectivity index (χ2v) is 7.88. The highest BCUT2D eigenvalue weighted by atomic mass is 35.5. The summed E-state index contributed by atoms with van der Waals surface area (Å²) in [6.07, 6.45) is 0. The van der Waals surface area contributed by atoms with Gasteiger partial charge in [-0.15, -0.1) is 10.2 Å². The molecular weight excluding hydrogens is 372 g/mol. The van der Waals surface area contributed by atoms with Crippen molar-refractivity contribution in [2.24, 2.45) is 5.10 Å². The number of nitrogens with zero attached hydrogens (tertiary/aromatic N) is 4. The van der Waals surface area contributed by atoms with E-state index < -0.39 is 0 Å². The van der Waals surface area contributed by atoms with Gasteiger partial charge in [0.2, 0.25) is 0 Å². The van der Waals surface area contributed by atoms with E-state index in [1.54, 1.807) is 23.5 Å². The first-order chi connectivity index (χ1) is 12.3. The van der Waals surface area contributed by atoms with Crippen LogP contribution in [0.15, 0.2) is 76.7 Å². The van der Waals surface area contributed by atoms with Crippen molar-refractivity contribution in [3.8, 4) is 0 Å². The molecule has 0 saturated heterocycles. The number of hydrogen-bond donors (Lipinski definition) is 0. The molecule has 1 aromatic heterocycles. The minimum absolute atomic E-state index is 0.383. The highest BCUT2D eigenvalue weighted by molar-refractivity contribution is 8.38. The van der Waals surface area contributed by atoms with Crippen LogP contribution in [0.3, 0.4) is 0 Å². The Morgan fingerprint density at radius 2 is 1.68 bits per heavy atom. The summed E-state index contributed by atoms with van der Waals surface area (Å²) in [7, 11) is 0. The van der Waals surface area contributed by atoms with E-state index in [0.29, 0.717) is 11.0 Å². The third-order valence-electron chi connectivity index (χ3n) is 3.50. The predicted molar refractivity (Wildman–Crippen MR) is 107 cm³/mol. The molecule has 0 bridgehead atoms. The fourth-order valence-electron chi connectivity index (χ4n) is 2.34. The average molecular weight is 385 g/mol. The lowest BCUT2D eigenvalue weighted by Gasteiger charge is -2.25. The molecule has 4 rings (SSSR count). The highest BCUT2D eigenvalue weighted by Crippen LogP contribution is 2.41. The van der Waals surface area contributed by atoms with Gasteiger partial charge in [0.15, 0.2) is 15.3 Å². The van der Waals surface area contributed by atoms with E-state index in [2.05, 4.69) is 22.3 Å². The quantitative estimate of drug-likeness (QED) is 0.589. The Morgan fingerprint density at radius 1 is 0.960 bits per heavy atom. The first-order valence-electron chi connectivity index (χ1n) is 7.61. The van der Waals surface area contributed by atoms with Gasteiger partial charge in [-0.3, -0.25) is 0 Å². The summed E-state index contributed by atoms with van der Waals surface area (Å²) in [5.41, 5.74) is 2.21. The Kier molecular flexibility index (Phi) is 4.92. The van der Waals surface area contributed by atoms with E-state index in [-0.39, 0.29) is 0 Å². The molecule has 0 spiro atoms. The Labute approximate surface area is 159 Å². The number of benzene rings is 2. The van der Waals surface area contributed by atoms with Gasteiger partial charge in [0.05, 0.1) is 10.6 Å². The Balaban J connectivity index is 1.65. The van der Waals surface area contributed by atoms with Gasteiger partial charge in [-0.2, -0.15) is 5.10 Å². The fraction of sp³-hybridized carbons (Fsp3) is 0.0556. The second-order valence-electron chi connectivity index (χ2n) is 5.24.